The van der Waals surface area contributed by atoms with E-state index in [1.807, 2.05) is 0 Å². The predicted octanol–water partition coefficient (Wildman–Crippen LogP) is 0.498. The van der Waals surface area contributed by atoms with E-state index in [2.05, 4.69) is 0 Å². The van der Waals surface area contributed by atoms with Crippen LogP contribution in [0.3, 0.4) is 0 Å². The van der Waals surface area contributed by atoms with E-state index in [-0.39, 0.29) is 18.0 Å². The third-order valence-corrected chi connectivity index (χ3v) is 1.40. The maximum Gasteiger partial charge on any atom is 0.126 e. The fourth-order valence-electron chi connectivity index (χ4n) is 0.903. The fourth-order valence-corrected chi connectivity index (χ4v) is 0.903. The average molecular weight is 296 g/mol. The molecule has 0 spiro atoms. The third kappa shape index (κ3) is 52.8. The van der Waals surface area contributed by atoms with Gasteiger partial charge in [-0.15, -0.1) is 0 Å². The highest BCUT2D eigenvalue weighted by molar-refractivity contribution is 5.72. The Kier molecular flexibility index (Phi) is 20.2. The molecule has 4 unspecified atom stereocenters. The molecule has 4 N–H and O–H groups in total. The van der Waals surface area contributed by atoms with Crippen LogP contribution in [0.4, 0.5) is 0 Å². The van der Waals surface area contributed by atoms with Crippen LogP contribution in [0.1, 0.15) is 48.0 Å². The van der Waals surface area contributed by atoms with Crippen LogP contribution in [0, 0.1) is 0 Å². The minimum Gasteiger partial charge on any atom is -0.393 e. The lowest BCUT2D eigenvalue weighted by Crippen LogP contribution is -2.16. The van der Waals surface area contributed by atoms with Gasteiger partial charge in [-0.1, -0.05) is 0 Å². The molecule has 6 heteroatoms. The first-order valence-electron chi connectivity index (χ1n) is 6.76. The molecule has 6 nitrogen and oxygen atoms in total. The summed E-state index contributed by atoms with van der Waals surface area (Å²) in [6, 6.07) is 0. The van der Waals surface area contributed by atoms with Crippen molar-refractivity contribution in [1.82, 2.24) is 0 Å². The van der Waals surface area contributed by atoms with Gasteiger partial charge in [-0.05, 0) is 48.0 Å². The highest BCUT2D eigenvalue weighted by Gasteiger charge is 1.99. The quantitative estimate of drug-likeness (QED) is 0.568. The summed E-state index contributed by atoms with van der Waals surface area (Å²) < 4.78 is 4.86. The Bertz CT molecular complexity index is 184. The number of rotatable bonds is 6. The van der Waals surface area contributed by atoms with Gasteiger partial charge in [-0.2, -0.15) is 0 Å². The van der Waals surface area contributed by atoms with Crippen molar-refractivity contribution in [2.45, 2.75) is 72.4 Å². The van der Waals surface area contributed by atoms with Crippen LogP contribution in [0.2, 0.25) is 0 Å². The molecule has 0 aromatic heterocycles. The number of carbonyl (C=O) groups excluding carboxylic acids is 1. The number of ketones is 1. The molecule has 4 atom stereocenters. The predicted molar refractivity (Wildman–Crippen MR) is 78.5 cm³/mol. The number of carbonyl (C=O) groups is 1. The number of hydrogen-bond acceptors (Lipinski definition) is 6. The Balaban J connectivity index is -0.000000234. The summed E-state index contributed by atoms with van der Waals surface area (Å²) in [6.45, 7) is 10.2. The van der Waals surface area contributed by atoms with Crippen LogP contribution in [0.25, 0.3) is 0 Å². The van der Waals surface area contributed by atoms with Gasteiger partial charge in [0.2, 0.25) is 0 Å². The van der Waals surface area contributed by atoms with Gasteiger partial charge in [0, 0.05) is 0 Å². The maximum absolute atomic E-state index is 9.44. The van der Waals surface area contributed by atoms with E-state index >= 15 is 0 Å². The molecule has 0 aromatic rings. The molecular formula is C14H32O6. The largest absolute Gasteiger partial charge is 0.393 e. The lowest BCUT2D eigenvalue weighted by molar-refractivity contribution is -0.115. The van der Waals surface area contributed by atoms with Crippen molar-refractivity contribution in [2.75, 3.05) is 13.2 Å². The maximum atomic E-state index is 9.44. The normalized spacial score (nSPS) is 15.7. The van der Waals surface area contributed by atoms with Crippen LogP contribution in [0.15, 0.2) is 0 Å². The second kappa shape index (κ2) is 16.5. The molecule has 0 aliphatic carbocycles. The molecule has 0 heterocycles. The van der Waals surface area contributed by atoms with Gasteiger partial charge in [0.15, 0.2) is 0 Å². The van der Waals surface area contributed by atoms with Crippen LogP contribution in [-0.2, 0) is 9.53 Å². The van der Waals surface area contributed by atoms with E-state index in [1.54, 1.807) is 27.7 Å². The minimum absolute atomic E-state index is 0.167. The van der Waals surface area contributed by atoms with Crippen LogP contribution in [-0.4, -0.2) is 63.8 Å². The van der Waals surface area contributed by atoms with Crippen LogP contribution >= 0.6 is 0 Å². The SMILES string of the molecule is CC(C)=O.CC(O)CC(C)O.CC(O)COCC(C)O. The Morgan fingerprint density at radius 2 is 1.05 bits per heavy atom. The van der Waals surface area contributed by atoms with Crippen molar-refractivity contribution in [1.29, 1.82) is 0 Å². The molecule has 0 aliphatic rings. The van der Waals surface area contributed by atoms with Crippen LogP contribution in [0.5, 0.6) is 0 Å². The lowest BCUT2D eigenvalue weighted by atomic mass is 10.2. The van der Waals surface area contributed by atoms with Gasteiger partial charge in [0.05, 0.1) is 37.6 Å². The smallest absolute Gasteiger partial charge is 0.126 e. The molecule has 0 aromatic carbocycles. The molecule has 0 aliphatic heterocycles. The highest BCUT2D eigenvalue weighted by atomic mass is 16.5. The Morgan fingerprint density at radius 3 is 1.15 bits per heavy atom. The summed E-state index contributed by atoms with van der Waals surface area (Å²) in [5.41, 5.74) is 0. The van der Waals surface area contributed by atoms with Crippen molar-refractivity contribution in [3.63, 3.8) is 0 Å². The van der Waals surface area contributed by atoms with Gasteiger partial charge in [-0.3, -0.25) is 0 Å². The molecule has 20 heavy (non-hydrogen) atoms. The van der Waals surface area contributed by atoms with Crippen molar-refractivity contribution in [2.24, 2.45) is 0 Å². The van der Waals surface area contributed by atoms with E-state index < -0.39 is 12.2 Å². The summed E-state index contributed by atoms with van der Waals surface area (Å²) in [4.78, 5) is 9.44. The first-order chi connectivity index (χ1) is 8.98. The molecule has 0 radical (unpaired) electrons. The van der Waals surface area contributed by atoms with E-state index in [4.69, 9.17) is 25.2 Å². The van der Waals surface area contributed by atoms with E-state index in [1.165, 1.54) is 13.8 Å². The van der Waals surface area contributed by atoms with E-state index in [0.717, 1.165) is 0 Å². The van der Waals surface area contributed by atoms with Crippen molar-refractivity contribution in [3.05, 3.63) is 0 Å². The Hall–Kier alpha value is -0.530. The Morgan fingerprint density at radius 1 is 0.800 bits per heavy atom. The second-order valence-electron chi connectivity index (χ2n) is 5.08. The minimum atomic E-state index is -0.441. The number of ether oxygens (including phenoxy) is 1. The van der Waals surface area contributed by atoms with E-state index in [9.17, 15) is 4.79 Å². The average Bonchev–Trinajstić information content (AvgIpc) is 2.13. The zero-order valence-corrected chi connectivity index (χ0v) is 13.5. The van der Waals surface area contributed by atoms with Gasteiger partial charge in [0.25, 0.3) is 0 Å². The molecule has 0 rings (SSSR count). The number of hydrogen-bond donors (Lipinski definition) is 4. The van der Waals surface area contributed by atoms with Gasteiger partial charge in [-0.25, -0.2) is 0 Å². The fraction of sp³-hybridized carbons (Fsp3) is 0.929. The molecule has 0 fully saturated rings. The Labute approximate surface area is 122 Å². The standard InChI is InChI=1S/C6H14O3.C5H12O2.C3H6O/c1-5(7)3-9-4-6(2)8;1-4(6)3-5(2)7;1-3(2)4/h5-8H,3-4H2,1-2H3;4-7H,3H2,1-2H3;1-2H3. The van der Waals surface area contributed by atoms with Gasteiger partial charge in [0.1, 0.15) is 5.78 Å². The molecular weight excluding hydrogens is 264 g/mol. The van der Waals surface area contributed by atoms with Crippen molar-refractivity contribution < 1.29 is 30.0 Å². The number of aliphatic hydroxyl groups excluding tert-OH is 4. The molecule has 0 saturated heterocycles. The summed E-state index contributed by atoms with van der Waals surface area (Å²) >= 11 is 0. The van der Waals surface area contributed by atoms with Crippen LogP contribution < -0.4 is 0 Å². The molecule has 0 saturated carbocycles. The number of Topliss-reactive ketones (excluding diaryl/α,β-unsaturated/α-hetero) is 1. The first kappa shape index (κ1) is 24.5. The molecule has 0 amide bonds. The van der Waals surface area contributed by atoms with Crippen molar-refractivity contribution >= 4 is 5.78 Å². The summed E-state index contributed by atoms with van der Waals surface area (Å²) in [6.07, 6.45) is -1.16. The topological polar surface area (TPSA) is 107 Å². The monoisotopic (exact) mass is 296 g/mol. The third-order valence-electron chi connectivity index (χ3n) is 1.40. The highest BCUT2D eigenvalue weighted by Crippen LogP contribution is 1.93. The van der Waals surface area contributed by atoms with Crippen molar-refractivity contribution in [3.8, 4) is 0 Å². The second-order valence-corrected chi connectivity index (χ2v) is 5.08. The van der Waals surface area contributed by atoms with E-state index in [0.29, 0.717) is 19.6 Å². The zero-order chi connectivity index (χ0) is 16.7. The summed E-state index contributed by atoms with van der Waals surface area (Å²) in [5, 5.41) is 34.4. The van der Waals surface area contributed by atoms with Gasteiger partial charge >= 0.3 is 0 Å². The first-order valence-corrected chi connectivity index (χ1v) is 6.76. The molecule has 124 valence electrons. The van der Waals surface area contributed by atoms with Gasteiger partial charge < -0.3 is 30.0 Å². The lowest BCUT2D eigenvalue weighted by Gasteiger charge is -2.06. The molecule has 0 bridgehead atoms. The summed E-state index contributed by atoms with van der Waals surface area (Å²) in [5.74, 6) is 0.167. The summed E-state index contributed by atoms with van der Waals surface area (Å²) in [7, 11) is 0. The number of aliphatic hydroxyl groups is 4. The zero-order valence-electron chi connectivity index (χ0n) is 13.5.